The first kappa shape index (κ1) is 12.9. The quantitative estimate of drug-likeness (QED) is 0.606. The molecule has 8 nitrogen and oxygen atoms in total. The second-order valence-electron chi connectivity index (χ2n) is 4.85. The van der Waals surface area contributed by atoms with E-state index < -0.39 is 11.6 Å². The molecule has 9 heteroatoms. The molecule has 1 spiro atoms. The van der Waals surface area contributed by atoms with E-state index in [4.69, 9.17) is 5.73 Å². The predicted octanol–water partition coefficient (Wildman–Crippen LogP) is -0.460. The van der Waals surface area contributed by atoms with Crippen molar-refractivity contribution in [3.05, 3.63) is 11.1 Å². The molecule has 1 aromatic heterocycles. The van der Waals surface area contributed by atoms with E-state index in [0.717, 1.165) is 0 Å². The van der Waals surface area contributed by atoms with Gasteiger partial charge in [-0.05, 0) is 12.8 Å². The molecule has 0 atom stereocenters. The number of aromatic nitrogens is 1. The molecule has 0 bridgehead atoms. The van der Waals surface area contributed by atoms with E-state index in [1.807, 2.05) is 0 Å². The van der Waals surface area contributed by atoms with Crippen molar-refractivity contribution in [3.63, 3.8) is 0 Å². The van der Waals surface area contributed by atoms with E-state index in [2.05, 4.69) is 15.6 Å². The summed E-state index contributed by atoms with van der Waals surface area (Å²) >= 11 is 1.21. The lowest BCUT2D eigenvalue weighted by molar-refractivity contribution is -0.125. The maximum absolute atomic E-state index is 12.2. The van der Waals surface area contributed by atoms with Gasteiger partial charge >= 0.3 is 6.03 Å². The smallest absolute Gasteiger partial charge is 0.322 e. The Bertz CT molecular complexity index is 591. The van der Waals surface area contributed by atoms with Crippen LogP contribution in [-0.4, -0.2) is 46.4 Å². The summed E-state index contributed by atoms with van der Waals surface area (Å²) in [6.07, 6.45) is 0.797. The Morgan fingerprint density at radius 2 is 2.10 bits per heavy atom. The maximum Gasteiger partial charge on any atom is 0.322 e. The molecule has 3 rings (SSSR count). The third kappa shape index (κ3) is 1.99. The molecule has 0 radical (unpaired) electrons. The van der Waals surface area contributed by atoms with Crippen LogP contribution < -0.4 is 16.4 Å². The number of hydrogen-bond donors (Lipinski definition) is 3. The first-order valence-electron chi connectivity index (χ1n) is 6.14. The van der Waals surface area contributed by atoms with Gasteiger partial charge in [0.15, 0.2) is 5.13 Å². The summed E-state index contributed by atoms with van der Waals surface area (Å²) in [5.41, 5.74) is 4.97. The molecule has 4 amide bonds. The highest BCUT2D eigenvalue weighted by Crippen LogP contribution is 2.26. The molecule has 0 aromatic carbocycles. The maximum atomic E-state index is 12.2. The van der Waals surface area contributed by atoms with Gasteiger partial charge in [0.2, 0.25) is 0 Å². The van der Waals surface area contributed by atoms with Gasteiger partial charge < -0.3 is 16.0 Å². The number of amides is 4. The van der Waals surface area contributed by atoms with Crippen molar-refractivity contribution in [2.75, 3.05) is 18.8 Å². The van der Waals surface area contributed by atoms with Crippen LogP contribution in [0.25, 0.3) is 0 Å². The number of likely N-dealkylation sites (tertiary alicyclic amines) is 1. The van der Waals surface area contributed by atoms with Crippen LogP contribution in [0.1, 0.15) is 23.3 Å². The molecule has 0 unspecified atom stereocenters. The predicted molar refractivity (Wildman–Crippen MR) is 71.1 cm³/mol. The molecular weight excluding hydrogens is 282 g/mol. The van der Waals surface area contributed by atoms with Crippen LogP contribution in [-0.2, 0) is 4.79 Å². The van der Waals surface area contributed by atoms with Crippen LogP contribution in [0.5, 0.6) is 0 Å². The number of nitrogens with one attached hydrogen (secondary N) is 2. The Kier molecular flexibility index (Phi) is 2.85. The fourth-order valence-electron chi connectivity index (χ4n) is 2.52. The minimum Gasteiger partial charge on any atom is -0.375 e. The number of hydrogen-bond acceptors (Lipinski definition) is 6. The number of nitrogens with zero attached hydrogens (tertiary/aromatic N) is 2. The summed E-state index contributed by atoms with van der Waals surface area (Å²) in [5.74, 6) is -0.509. The van der Waals surface area contributed by atoms with Crippen molar-refractivity contribution in [1.82, 2.24) is 20.5 Å². The number of rotatable bonds is 1. The van der Waals surface area contributed by atoms with E-state index >= 15 is 0 Å². The highest BCUT2D eigenvalue weighted by Gasteiger charge is 2.48. The molecular formula is C11H13N5O3S. The Labute approximate surface area is 118 Å². The van der Waals surface area contributed by atoms with Gasteiger partial charge in [-0.2, -0.15) is 0 Å². The molecule has 106 valence electrons. The Morgan fingerprint density at radius 3 is 2.60 bits per heavy atom. The van der Waals surface area contributed by atoms with E-state index in [1.54, 1.807) is 10.3 Å². The first-order valence-corrected chi connectivity index (χ1v) is 7.02. The average molecular weight is 295 g/mol. The molecule has 1 aromatic rings. The summed E-state index contributed by atoms with van der Waals surface area (Å²) in [7, 11) is 0. The highest BCUT2D eigenvalue weighted by molar-refractivity contribution is 7.13. The fourth-order valence-corrected chi connectivity index (χ4v) is 3.06. The van der Waals surface area contributed by atoms with Gasteiger partial charge in [-0.15, -0.1) is 11.3 Å². The van der Waals surface area contributed by atoms with Crippen molar-refractivity contribution >= 4 is 34.3 Å². The third-order valence-corrected chi connectivity index (χ3v) is 4.33. The zero-order valence-corrected chi connectivity index (χ0v) is 11.3. The SMILES string of the molecule is Nc1nc(C(=O)N2CCC3(CC2)NC(=O)NC3=O)cs1. The van der Waals surface area contributed by atoms with Gasteiger partial charge in [0.1, 0.15) is 11.2 Å². The molecule has 3 heterocycles. The first-order chi connectivity index (χ1) is 9.50. The zero-order valence-electron chi connectivity index (χ0n) is 10.5. The number of imide groups is 1. The van der Waals surface area contributed by atoms with E-state index in [-0.39, 0.29) is 11.8 Å². The zero-order chi connectivity index (χ0) is 14.3. The standard InChI is InChI=1S/C11H13N5O3S/c12-9-13-6(5-20-9)7(17)16-3-1-11(2-4-16)8(18)14-10(19)15-11/h5H,1-4H2,(H2,12,13)(H2,14,15,18,19). The molecule has 2 aliphatic heterocycles. The Morgan fingerprint density at radius 1 is 1.40 bits per heavy atom. The molecule has 4 N–H and O–H groups in total. The molecule has 2 aliphatic rings. The van der Waals surface area contributed by atoms with Gasteiger partial charge in [0, 0.05) is 18.5 Å². The van der Waals surface area contributed by atoms with Crippen molar-refractivity contribution in [2.24, 2.45) is 0 Å². The number of anilines is 1. The largest absolute Gasteiger partial charge is 0.375 e. The van der Waals surface area contributed by atoms with Crippen LogP contribution in [0, 0.1) is 0 Å². The third-order valence-electron chi connectivity index (χ3n) is 3.66. The van der Waals surface area contributed by atoms with E-state index in [1.165, 1.54) is 11.3 Å². The lowest BCUT2D eigenvalue weighted by Crippen LogP contribution is -2.55. The lowest BCUT2D eigenvalue weighted by Gasteiger charge is -2.36. The normalized spacial score (nSPS) is 20.9. The summed E-state index contributed by atoms with van der Waals surface area (Å²) < 4.78 is 0. The van der Waals surface area contributed by atoms with Gasteiger partial charge in [-0.25, -0.2) is 9.78 Å². The number of carbonyl (C=O) groups is 3. The molecule has 2 fully saturated rings. The molecule has 0 aliphatic carbocycles. The number of nitrogens with two attached hydrogens (primary N) is 1. The summed E-state index contributed by atoms with van der Waals surface area (Å²) in [6.45, 7) is 0.786. The second kappa shape index (κ2) is 4.44. The van der Waals surface area contributed by atoms with E-state index in [9.17, 15) is 14.4 Å². The van der Waals surface area contributed by atoms with Crippen molar-refractivity contribution < 1.29 is 14.4 Å². The van der Waals surface area contributed by atoms with Crippen LogP contribution in [0.15, 0.2) is 5.38 Å². The fraction of sp³-hybridized carbons (Fsp3) is 0.455. The number of nitrogen functional groups attached to an aromatic ring is 1. The van der Waals surface area contributed by atoms with Crippen LogP contribution in [0.4, 0.5) is 9.93 Å². The summed E-state index contributed by atoms with van der Waals surface area (Å²) in [4.78, 5) is 40.8. The summed E-state index contributed by atoms with van der Waals surface area (Å²) in [5, 5.41) is 6.86. The number of thiazole rings is 1. The summed E-state index contributed by atoms with van der Waals surface area (Å²) in [6, 6.07) is -0.470. The minimum atomic E-state index is -0.866. The van der Waals surface area contributed by atoms with Crippen molar-refractivity contribution in [2.45, 2.75) is 18.4 Å². The molecule has 2 saturated heterocycles. The monoisotopic (exact) mass is 295 g/mol. The van der Waals surface area contributed by atoms with Gasteiger partial charge in [-0.3, -0.25) is 14.9 Å². The second-order valence-corrected chi connectivity index (χ2v) is 5.74. The molecule has 20 heavy (non-hydrogen) atoms. The number of carbonyl (C=O) groups excluding carboxylic acids is 3. The molecule has 0 saturated carbocycles. The van der Waals surface area contributed by atoms with Crippen molar-refractivity contribution in [3.8, 4) is 0 Å². The van der Waals surface area contributed by atoms with Gasteiger partial charge in [-0.1, -0.05) is 0 Å². The highest BCUT2D eigenvalue weighted by atomic mass is 32.1. The van der Waals surface area contributed by atoms with E-state index in [0.29, 0.717) is 36.8 Å². The van der Waals surface area contributed by atoms with Crippen LogP contribution in [0.3, 0.4) is 0 Å². The van der Waals surface area contributed by atoms with Crippen LogP contribution in [0.2, 0.25) is 0 Å². The number of piperidine rings is 1. The Balaban J connectivity index is 1.68. The number of urea groups is 1. The van der Waals surface area contributed by atoms with Crippen molar-refractivity contribution in [1.29, 1.82) is 0 Å². The average Bonchev–Trinajstić information content (AvgIpc) is 2.95. The van der Waals surface area contributed by atoms with Crippen LogP contribution >= 0.6 is 11.3 Å². The Hall–Kier alpha value is -2.16. The minimum absolute atomic E-state index is 0.197. The topological polar surface area (TPSA) is 117 Å². The van der Waals surface area contributed by atoms with Gasteiger partial charge in [0.25, 0.3) is 11.8 Å². The van der Waals surface area contributed by atoms with Gasteiger partial charge in [0.05, 0.1) is 0 Å². The lowest BCUT2D eigenvalue weighted by atomic mass is 9.87.